The number of carboxylic acids is 1. The van der Waals surface area contributed by atoms with Crippen molar-refractivity contribution < 1.29 is 32.1 Å². The molecule has 0 atom stereocenters. The summed E-state index contributed by atoms with van der Waals surface area (Å²) < 4.78 is 30.1. The number of hydrogen-bond acceptors (Lipinski definition) is 6. The predicted octanol–water partition coefficient (Wildman–Crippen LogP) is 3.58. The molecule has 0 aromatic heterocycles. The van der Waals surface area contributed by atoms with Gasteiger partial charge in [-0.15, -0.1) is 0 Å². The van der Waals surface area contributed by atoms with Crippen LogP contribution in [0.3, 0.4) is 0 Å². The van der Waals surface area contributed by atoms with E-state index in [4.69, 9.17) is 9.29 Å². The number of carbonyl (C=O) groups excluding carboxylic acids is 2. The van der Waals surface area contributed by atoms with Crippen LogP contribution in [-0.4, -0.2) is 31.3 Å². The van der Waals surface area contributed by atoms with Crippen LogP contribution in [0, 0.1) is 6.92 Å². The highest BCUT2D eigenvalue weighted by molar-refractivity contribution is 7.87. The second-order valence-corrected chi connectivity index (χ2v) is 9.05. The van der Waals surface area contributed by atoms with E-state index >= 15 is 0 Å². The van der Waals surface area contributed by atoms with E-state index in [1.54, 1.807) is 12.1 Å². The Morgan fingerprint density at radius 2 is 1.60 bits per heavy atom. The molecule has 0 spiro atoms. The Hall–Kier alpha value is -4.44. The highest BCUT2D eigenvalue weighted by Gasteiger charge is 2.17. The van der Waals surface area contributed by atoms with Crippen LogP contribution >= 0.6 is 0 Å². The molecule has 2 amide bonds. The summed E-state index contributed by atoms with van der Waals surface area (Å²) in [6.07, 6.45) is 1.38. The van der Waals surface area contributed by atoms with E-state index in [1.165, 1.54) is 73.7 Å². The van der Waals surface area contributed by atoms with Gasteiger partial charge in [0.1, 0.15) is 16.3 Å². The Bertz CT molecular complexity index is 1390. The predicted molar refractivity (Wildman–Crippen MR) is 129 cm³/mol. The van der Waals surface area contributed by atoms with Crippen LogP contribution in [0.4, 0.5) is 5.69 Å². The van der Waals surface area contributed by atoms with Gasteiger partial charge in [-0.25, -0.2) is 4.79 Å². The zero-order chi connectivity index (χ0) is 25.6. The molecule has 3 N–H and O–H groups in total. The van der Waals surface area contributed by atoms with Crippen molar-refractivity contribution >= 4 is 39.7 Å². The SMILES string of the molecule is CC(=O)N/C(=C/c1ccc(OS(=O)(=O)c2ccc(C)cc2)cc1)C(=O)Nc1cccc(C(=O)O)c1. The molecule has 9 nitrogen and oxygen atoms in total. The fourth-order valence-corrected chi connectivity index (χ4v) is 3.87. The van der Waals surface area contributed by atoms with Gasteiger partial charge in [0.25, 0.3) is 5.91 Å². The molecular formula is C25H22N2O7S. The topological polar surface area (TPSA) is 139 Å². The number of hydrogen-bond donors (Lipinski definition) is 3. The van der Waals surface area contributed by atoms with Crippen LogP contribution in [0.25, 0.3) is 6.08 Å². The molecule has 0 aliphatic rings. The quantitative estimate of drug-likeness (QED) is 0.321. The molecule has 0 bridgehead atoms. The maximum atomic E-state index is 12.7. The number of carbonyl (C=O) groups is 3. The van der Waals surface area contributed by atoms with Crippen molar-refractivity contribution in [2.75, 3.05) is 5.32 Å². The molecular weight excluding hydrogens is 472 g/mol. The summed E-state index contributed by atoms with van der Waals surface area (Å²) >= 11 is 0. The lowest BCUT2D eigenvalue weighted by Crippen LogP contribution is -2.29. The molecule has 3 rings (SSSR count). The van der Waals surface area contributed by atoms with Gasteiger partial charge in [-0.2, -0.15) is 8.42 Å². The second kappa shape index (κ2) is 10.7. The molecule has 0 radical (unpaired) electrons. The summed E-state index contributed by atoms with van der Waals surface area (Å²) in [5.74, 6) is -2.25. The summed E-state index contributed by atoms with van der Waals surface area (Å²) in [6.45, 7) is 3.07. The van der Waals surface area contributed by atoms with E-state index in [9.17, 15) is 22.8 Å². The van der Waals surface area contributed by atoms with E-state index in [2.05, 4.69) is 10.6 Å². The summed E-state index contributed by atoms with van der Waals surface area (Å²) in [6, 6.07) is 17.7. The van der Waals surface area contributed by atoms with Gasteiger partial charge in [-0.3, -0.25) is 9.59 Å². The van der Waals surface area contributed by atoms with Gasteiger partial charge in [0.2, 0.25) is 5.91 Å². The number of anilines is 1. The molecule has 0 fully saturated rings. The van der Waals surface area contributed by atoms with E-state index in [1.807, 2.05) is 6.92 Å². The lowest BCUT2D eigenvalue weighted by atomic mass is 10.1. The maximum Gasteiger partial charge on any atom is 0.339 e. The Morgan fingerprint density at radius 1 is 0.943 bits per heavy atom. The number of benzene rings is 3. The fraction of sp³-hybridized carbons (Fsp3) is 0.0800. The molecule has 0 unspecified atom stereocenters. The van der Waals surface area contributed by atoms with Gasteiger partial charge < -0.3 is 19.9 Å². The number of amides is 2. The molecule has 0 heterocycles. The third-order valence-electron chi connectivity index (χ3n) is 4.63. The van der Waals surface area contributed by atoms with Crippen LogP contribution in [-0.2, 0) is 19.7 Å². The summed E-state index contributed by atoms with van der Waals surface area (Å²) in [5.41, 5.74) is 1.51. The lowest BCUT2D eigenvalue weighted by Gasteiger charge is -2.11. The van der Waals surface area contributed by atoms with Gasteiger partial charge in [0, 0.05) is 12.6 Å². The summed E-state index contributed by atoms with van der Waals surface area (Å²) in [5, 5.41) is 14.1. The summed E-state index contributed by atoms with van der Waals surface area (Å²) in [4.78, 5) is 35.5. The van der Waals surface area contributed by atoms with Crippen LogP contribution < -0.4 is 14.8 Å². The molecule has 0 saturated heterocycles. The van der Waals surface area contributed by atoms with Gasteiger partial charge in [0.15, 0.2) is 0 Å². The second-order valence-electron chi connectivity index (χ2n) is 7.50. The molecule has 35 heavy (non-hydrogen) atoms. The number of carboxylic acid groups (broad SMARTS) is 1. The highest BCUT2D eigenvalue weighted by Crippen LogP contribution is 2.21. The highest BCUT2D eigenvalue weighted by atomic mass is 32.2. The average Bonchev–Trinajstić information content (AvgIpc) is 2.80. The lowest BCUT2D eigenvalue weighted by molar-refractivity contribution is -0.120. The van der Waals surface area contributed by atoms with Crippen molar-refractivity contribution in [1.82, 2.24) is 5.32 Å². The first kappa shape index (κ1) is 25.2. The monoisotopic (exact) mass is 494 g/mol. The molecule has 0 aliphatic heterocycles. The Balaban J connectivity index is 1.79. The van der Waals surface area contributed by atoms with Crippen LogP contribution in [0.15, 0.2) is 83.4 Å². The molecule has 10 heteroatoms. The minimum atomic E-state index is -4.02. The van der Waals surface area contributed by atoms with Gasteiger partial charge >= 0.3 is 16.1 Å². The third kappa shape index (κ3) is 7.02. The van der Waals surface area contributed by atoms with Gasteiger partial charge in [-0.05, 0) is 61.0 Å². The normalized spacial score (nSPS) is 11.4. The zero-order valence-corrected chi connectivity index (χ0v) is 19.6. The fourth-order valence-electron chi connectivity index (χ4n) is 2.94. The molecule has 180 valence electrons. The Kier molecular flexibility index (Phi) is 7.67. The van der Waals surface area contributed by atoms with Gasteiger partial charge in [0.05, 0.1) is 5.56 Å². The Morgan fingerprint density at radius 3 is 2.20 bits per heavy atom. The van der Waals surface area contributed by atoms with Crippen LogP contribution in [0.5, 0.6) is 5.75 Å². The van der Waals surface area contributed by atoms with Crippen molar-refractivity contribution in [3.63, 3.8) is 0 Å². The van der Waals surface area contributed by atoms with Crippen molar-refractivity contribution in [2.45, 2.75) is 18.7 Å². The number of rotatable bonds is 8. The summed E-state index contributed by atoms with van der Waals surface area (Å²) in [7, 11) is -4.02. The number of aromatic carboxylic acids is 1. The number of nitrogens with one attached hydrogen (secondary N) is 2. The van der Waals surface area contributed by atoms with Crippen LogP contribution in [0.2, 0.25) is 0 Å². The minimum absolute atomic E-state index is 0.0102. The van der Waals surface area contributed by atoms with E-state index < -0.39 is 27.9 Å². The van der Waals surface area contributed by atoms with Crippen molar-refractivity contribution in [1.29, 1.82) is 0 Å². The van der Waals surface area contributed by atoms with E-state index in [0.717, 1.165) is 5.56 Å². The average molecular weight is 495 g/mol. The molecule has 0 aliphatic carbocycles. The largest absolute Gasteiger partial charge is 0.478 e. The minimum Gasteiger partial charge on any atom is -0.478 e. The van der Waals surface area contributed by atoms with E-state index in [-0.39, 0.29) is 27.6 Å². The first-order chi connectivity index (χ1) is 16.5. The maximum absolute atomic E-state index is 12.7. The molecule has 3 aromatic rings. The first-order valence-electron chi connectivity index (χ1n) is 10.3. The third-order valence-corrected chi connectivity index (χ3v) is 5.89. The Labute approximate surface area is 202 Å². The van der Waals surface area contributed by atoms with Crippen molar-refractivity contribution in [2.24, 2.45) is 0 Å². The zero-order valence-electron chi connectivity index (χ0n) is 18.8. The van der Waals surface area contributed by atoms with Crippen LogP contribution in [0.1, 0.15) is 28.4 Å². The van der Waals surface area contributed by atoms with Crippen molar-refractivity contribution in [3.05, 3.63) is 95.2 Å². The first-order valence-corrected chi connectivity index (χ1v) is 11.7. The smallest absolute Gasteiger partial charge is 0.339 e. The standard InChI is InChI=1S/C25H22N2O7S/c1-16-6-12-22(13-7-16)35(32,33)34-21-10-8-18(9-11-21)14-23(26-17(2)28)24(29)27-20-5-3-4-19(15-20)25(30)31/h3-15H,1-2H3,(H,26,28)(H,27,29)(H,30,31)/b23-14+. The number of aryl methyl sites for hydroxylation is 1. The molecule has 0 saturated carbocycles. The van der Waals surface area contributed by atoms with Gasteiger partial charge in [-0.1, -0.05) is 35.9 Å². The van der Waals surface area contributed by atoms with E-state index in [0.29, 0.717) is 5.56 Å². The van der Waals surface area contributed by atoms with Crippen molar-refractivity contribution in [3.8, 4) is 5.75 Å². The molecule has 3 aromatic carbocycles.